The molecule has 0 bridgehead atoms. The number of nitrogens with zero attached hydrogens (tertiary/aromatic N) is 2. The third kappa shape index (κ3) is 3.33. The van der Waals surface area contributed by atoms with E-state index in [9.17, 15) is 4.79 Å². The second-order valence-electron chi connectivity index (χ2n) is 5.10. The van der Waals surface area contributed by atoms with Gasteiger partial charge in [0.05, 0.1) is 0 Å². The van der Waals surface area contributed by atoms with E-state index in [4.69, 9.17) is 0 Å². The topological polar surface area (TPSA) is 23.6 Å². The Kier molecular flexibility index (Phi) is 4.81. The van der Waals surface area contributed by atoms with Crippen LogP contribution in [0.1, 0.15) is 22.5 Å². The van der Waals surface area contributed by atoms with Crippen molar-refractivity contribution >= 4 is 33.2 Å². The van der Waals surface area contributed by atoms with Crippen LogP contribution in [0.3, 0.4) is 0 Å². The van der Waals surface area contributed by atoms with Crippen molar-refractivity contribution in [2.24, 2.45) is 5.92 Å². The highest BCUT2D eigenvalue weighted by atomic mass is 79.9. The van der Waals surface area contributed by atoms with E-state index in [0.29, 0.717) is 0 Å². The molecular weight excluding hydrogens is 312 g/mol. The zero-order chi connectivity index (χ0) is 13.1. The number of carbonyl (C=O) groups excluding carboxylic acids is 1. The van der Waals surface area contributed by atoms with Crippen LogP contribution in [0, 0.1) is 5.92 Å². The Morgan fingerprint density at radius 2 is 2.17 bits per heavy atom. The zero-order valence-electron chi connectivity index (χ0n) is 10.9. The van der Waals surface area contributed by atoms with Gasteiger partial charge in [-0.25, -0.2) is 0 Å². The molecule has 1 aromatic heterocycles. The lowest BCUT2D eigenvalue weighted by Gasteiger charge is -2.33. The number of thiophene rings is 1. The van der Waals surface area contributed by atoms with E-state index in [0.717, 1.165) is 47.7 Å². The average Bonchev–Trinajstić information content (AvgIpc) is 2.75. The number of hydrogen-bond acceptors (Lipinski definition) is 3. The molecule has 0 N–H and O–H groups in total. The predicted molar refractivity (Wildman–Crippen MR) is 79.2 cm³/mol. The molecule has 2 rings (SSSR count). The zero-order valence-corrected chi connectivity index (χ0v) is 13.3. The first kappa shape index (κ1) is 14.0. The molecule has 1 amide bonds. The molecule has 3 nitrogen and oxygen atoms in total. The lowest BCUT2D eigenvalue weighted by atomic mass is 9.96. The molecule has 1 aliphatic heterocycles. The van der Waals surface area contributed by atoms with Gasteiger partial charge in [0, 0.05) is 24.1 Å². The highest BCUT2D eigenvalue weighted by Crippen LogP contribution is 2.26. The quantitative estimate of drug-likeness (QED) is 0.850. The maximum absolute atomic E-state index is 12.3. The lowest BCUT2D eigenvalue weighted by Crippen LogP contribution is -2.40. The van der Waals surface area contributed by atoms with Crippen molar-refractivity contribution in [3.63, 3.8) is 0 Å². The largest absolute Gasteiger partial charge is 0.338 e. The van der Waals surface area contributed by atoms with Gasteiger partial charge in [-0.15, -0.1) is 11.3 Å². The molecule has 1 saturated heterocycles. The summed E-state index contributed by atoms with van der Waals surface area (Å²) < 4.78 is 0.924. The third-order valence-electron chi connectivity index (χ3n) is 3.34. The number of rotatable bonds is 3. The molecule has 18 heavy (non-hydrogen) atoms. The summed E-state index contributed by atoms with van der Waals surface area (Å²) in [6.07, 6.45) is 2.24. The third-order valence-corrected chi connectivity index (χ3v) is 5.16. The minimum atomic E-state index is 0.181. The number of piperidine rings is 1. The fourth-order valence-corrected chi connectivity index (χ4v) is 3.93. The smallest absolute Gasteiger partial charge is 0.265 e. The fraction of sp³-hybridized carbons (Fsp3) is 0.615. The number of halogens is 1. The van der Waals surface area contributed by atoms with Crippen molar-refractivity contribution < 1.29 is 4.79 Å². The Balaban J connectivity index is 1.90. The van der Waals surface area contributed by atoms with Gasteiger partial charge >= 0.3 is 0 Å². The van der Waals surface area contributed by atoms with E-state index in [2.05, 4.69) is 34.9 Å². The predicted octanol–water partition coefficient (Wildman–Crippen LogP) is 2.92. The van der Waals surface area contributed by atoms with E-state index in [1.807, 2.05) is 16.3 Å². The van der Waals surface area contributed by atoms with E-state index in [1.165, 1.54) is 11.3 Å². The molecule has 0 atom stereocenters. The summed E-state index contributed by atoms with van der Waals surface area (Å²) in [5, 5.41) is 1.95. The number of likely N-dealkylation sites (tertiary alicyclic amines) is 1. The molecule has 100 valence electrons. The van der Waals surface area contributed by atoms with Gasteiger partial charge in [-0.2, -0.15) is 0 Å². The lowest BCUT2D eigenvalue weighted by molar-refractivity contribution is 0.0682. The second-order valence-corrected chi connectivity index (χ2v) is 6.87. The van der Waals surface area contributed by atoms with Gasteiger partial charge in [0.15, 0.2) is 0 Å². The number of amides is 1. The Morgan fingerprint density at radius 1 is 1.50 bits per heavy atom. The van der Waals surface area contributed by atoms with Crippen LogP contribution in [-0.4, -0.2) is 49.4 Å². The first-order chi connectivity index (χ1) is 8.58. The second kappa shape index (κ2) is 6.17. The number of carbonyl (C=O) groups is 1. The summed E-state index contributed by atoms with van der Waals surface area (Å²) >= 11 is 4.95. The molecule has 0 unspecified atom stereocenters. The summed E-state index contributed by atoms with van der Waals surface area (Å²) in [5.41, 5.74) is 0. The SMILES string of the molecule is CN(C)CC1CCN(C(=O)c2sccc2Br)CC1. The monoisotopic (exact) mass is 330 g/mol. The Bertz CT molecular complexity index is 411. The van der Waals surface area contributed by atoms with Gasteiger partial charge in [0.25, 0.3) is 5.91 Å². The van der Waals surface area contributed by atoms with Crippen molar-refractivity contribution in [2.45, 2.75) is 12.8 Å². The summed E-state index contributed by atoms with van der Waals surface area (Å²) in [5.74, 6) is 0.913. The van der Waals surface area contributed by atoms with Crippen LogP contribution in [0.2, 0.25) is 0 Å². The summed E-state index contributed by atoms with van der Waals surface area (Å²) in [4.78, 5) is 17.4. The Labute approximate surface area is 121 Å². The average molecular weight is 331 g/mol. The first-order valence-corrected chi connectivity index (χ1v) is 7.92. The van der Waals surface area contributed by atoms with Crippen LogP contribution < -0.4 is 0 Å². The van der Waals surface area contributed by atoms with Crippen LogP contribution in [0.5, 0.6) is 0 Å². The van der Waals surface area contributed by atoms with Gasteiger partial charge in [0.2, 0.25) is 0 Å². The van der Waals surface area contributed by atoms with Crippen molar-refractivity contribution in [1.29, 1.82) is 0 Å². The summed E-state index contributed by atoms with van der Waals surface area (Å²) in [6, 6.07) is 1.94. The molecule has 1 aromatic rings. The van der Waals surface area contributed by atoms with E-state index in [1.54, 1.807) is 0 Å². The van der Waals surface area contributed by atoms with E-state index < -0.39 is 0 Å². The summed E-state index contributed by atoms with van der Waals surface area (Å²) in [6.45, 7) is 2.91. The van der Waals surface area contributed by atoms with Crippen LogP contribution in [0.15, 0.2) is 15.9 Å². The van der Waals surface area contributed by atoms with Crippen molar-refractivity contribution in [2.75, 3.05) is 33.7 Å². The Morgan fingerprint density at radius 3 is 2.67 bits per heavy atom. The molecule has 2 heterocycles. The highest BCUT2D eigenvalue weighted by Gasteiger charge is 2.25. The van der Waals surface area contributed by atoms with Gasteiger partial charge in [0.1, 0.15) is 4.88 Å². The number of hydrogen-bond donors (Lipinski definition) is 0. The minimum Gasteiger partial charge on any atom is -0.338 e. The molecule has 0 saturated carbocycles. The molecule has 0 aliphatic carbocycles. The van der Waals surface area contributed by atoms with Crippen LogP contribution in [-0.2, 0) is 0 Å². The molecular formula is C13H19BrN2OS. The van der Waals surface area contributed by atoms with Crippen molar-refractivity contribution in [1.82, 2.24) is 9.80 Å². The van der Waals surface area contributed by atoms with Crippen molar-refractivity contribution in [3.05, 3.63) is 20.8 Å². The normalized spacial score (nSPS) is 17.4. The molecule has 1 aliphatic rings. The maximum Gasteiger partial charge on any atom is 0.265 e. The van der Waals surface area contributed by atoms with Gasteiger partial charge < -0.3 is 9.80 Å². The highest BCUT2D eigenvalue weighted by molar-refractivity contribution is 9.10. The van der Waals surface area contributed by atoms with Gasteiger partial charge in [-0.05, 0) is 60.2 Å². The molecule has 0 radical (unpaired) electrons. The minimum absolute atomic E-state index is 0.181. The van der Waals surface area contributed by atoms with Crippen molar-refractivity contribution in [3.8, 4) is 0 Å². The molecule has 1 fully saturated rings. The van der Waals surface area contributed by atoms with E-state index >= 15 is 0 Å². The Hall–Kier alpha value is -0.390. The van der Waals surface area contributed by atoms with Crippen LogP contribution in [0.25, 0.3) is 0 Å². The first-order valence-electron chi connectivity index (χ1n) is 6.25. The van der Waals surface area contributed by atoms with Gasteiger partial charge in [-0.1, -0.05) is 0 Å². The standard InChI is InChI=1S/C13H19BrN2OS/c1-15(2)9-10-3-6-16(7-4-10)13(17)12-11(14)5-8-18-12/h5,8,10H,3-4,6-7,9H2,1-2H3. The summed E-state index contributed by atoms with van der Waals surface area (Å²) in [7, 11) is 4.22. The van der Waals surface area contributed by atoms with Gasteiger partial charge in [-0.3, -0.25) is 4.79 Å². The van der Waals surface area contributed by atoms with E-state index in [-0.39, 0.29) is 5.91 Å². The molecule has 5 heteroatoms. The molecule has 0 aromatic carbocycles. The van der Waals surface area contributed by atoms with Crippen LogP contribution in [0.4, 0.5) is 0 Å². The molecule has 0 spiro atoms. The maximum atomic E-state index is 12.3. The fourth-order valence-electron chi connectivity index (χ4n) is 2.42. The van der Waals surface area contributed by atoms with Crippen LogP contribution >= 0.6 is 27.3 Å².